The van der Waals surface area contributed by atoms with E-state index in [1.54, 1.807) is 6.08 Å². The maximum Gasteiger partial charge on any atom is 0.334 e. The van der Waals surface area contributed by atoms with Crippen LogP contribution in [0.15, 0.2) is 23.8 Å². The molecule has 20 heavy (non-hydrogen) atoms. The molecule has 0 saturated carbocycles. The fourth-order valence-corrected chi connectivity index (χ4v) is 2.06. The van der Waals surface area contributed by atoms with Crippen LogP contribution in [-0.2, 0) is 19.1 Å². The highest BCUT2D eigenvalue weighted by Gasteiger charge is 2.31. The average Bonchev–Trinajstić information content (AvgIpc) is 2.63. The number of carbonyl (C=O) groups is 2. The summed E-state index contributed by atoms with van der Waals surface area (Å²) in [6.07, 6.45) is 7.59. The zero-order valence-corrected chi connectivity index (χ0v) is 12.6. The Morgan fingerprint density at radius 2 is 1.85 bits per heavy atom. The van der Waals surface area contributed by atoms with Gasteiger partial charge >= 0.3 is 11.9 Å². The Kier molecular flexibility index (Phi) is 7.05. The Hall–Kier alpha value is -1.58. The summed E-state index contributed by atoms with van der Waals surface area (Å²) < 4.78 is 10.4. The van der Waals surface area contributed by atoms with Gasteiger partial charge in [-0.1, -0.05) is 39.0 Å². The van der Waals surface area contributed by atoms with Crippen molar-refractivity contribution < 1.29 is 19.1 Å². The summed E-state index contributed by atoms with van der Waals surface area (Å²) >= 11 is 0. The van der Waals surface area contributed by atoms with E-state index in [1.165, 1.54) is 0 Å². The number of carbonyl (C=O) groups excluding carboxylic acids is 2. The van der Waals surface area contributed by atoms with Crippen LogP contribution in [0.1, 0.15) is 40.0 Å². The van der Waals surface area contributed by atoms with E-state index in [1.807, 2.05) is 32.9 Å². The van der Waals surface area contributed by atoms with Gasteiger partial charge in [0.1, 0.15) is 0 Å². The third kappa shape index (κ3) is 4.83. The fourth-order valence-electron chi connectivity index (χ4n) is 2.06. The van der Waals surface area contributed by atoms with E-state index in [9.17, 15) is 9.59 Å². The minimum atomic E-state index is -0.532. The van der Waals surface area contributed by atoms with Gasteiger partial charge in [-0.15, -0.1) is 0 Å². The van der Waals surface area contributed by atoms with Gasteiger partial charge in [0.25, 0.3) is 0 Å². The molecule has 1 aliphatic rings. The minimum Gasteiger partial charge on any atom is -0.465 e. The molecule has 0 fully saturated rings. The molecule has 0 bridgehead atoms. The van der Waals surface area contributed by atoms with Gasteiger partial charge in [-0.05, 0) is 25.2 Å². The fraction of sp³-hybridized carbons (Fsp3) is 0.625. The molecule has 1 rings (SSSR count). The van der Waals surface area contributed by atoms with Crippen LogP contribution in [0.25, 0.3) is 0 Å². The first kappa shape index (κ1) is 16.5. The second kappa shape index (κ2) is 8.56. The van der Waals surface area contributed by atoms with Gasteiger partial charge in [-0.2, -0.15) is 0 Å². The molecular formula is C16H24O4. The second-order valence-electron chi connectivity index (χ2n) is 5.08. The lowest BCUT2D eigenvalue weighted by Crippen LogP contribution is -2.26. The van der Waals surface area contributed by atoms with Crippen molar-refractivity contribution in [2.75, 3.05) is 13.2 Å². The summed E-state index contributed by atoms with van der Waals surface area (Å²) in [4.78, 5) is 24.2. The normalized spacial score (nSPS) is 21.9. The van der Waals surface area contributed by atoms with Crippen molar-refractivity contribution in [3.63, 3.8) is 0 Å². The van der Waals surface area contributed by atoms with Crippen LogP contribution in [0.2, 0.25) is 0 Å². The molecule has 0 amide bonds. The molecule has 4 nitrogen and oxygen atoms in total. The first-order valence-corrected chi connectivity index (χ1v) is 7.32. The lowest BCUT2D eigenvalue weighted by Gasteiger charge is -2.18. The predicted molar refractivity (Wildman–Crippen MR) is 77.0 cm³/mol. The Balaban J connectivity index is 2.83. The van der Waals surface area contributed by atoms with E-state index in [0.717, 1.165) is 12.8 Å². The van der Waals surface area contributed by atoms with Crippen molar-refractivity contribution in [2.45, 2.75) is 40.0 Å². The predicted octanol–water partition coefficient (Wildman–Crippen LogP) is 3.03. The van der Waals surface area contributed by atoms with Gasteiger partial charge in [-0.3, -0.25) is 4.79 Å². The van der Waals surface area contributed by atoms with Gasteiger partial charge in [0.15, 0.2) is 0 Å². The molecular weight excluding hydrogens is 256 g/mol. The third-order valence-corrected chi connectivity index (χ3v) is 3.10. The molecule has 0 heterocycles. The van der Waals surface area contributed by atoms with Crippen LogP contribution in [0.3, 0.4) is 0 Å². The van der Waals surface area contributed by atoms with Crippen molar-refractivity contribution in [3.05, 3.63) is 23.8 Å². The summed E-state index contributed by atoms with van der Waals surface area (Å²) in [6, 6.07) is 0. The zero-order valence-electron chi connectivity index (χ0n) is 12.6. The summed E-state index contributed by atoms with van der Waals surface area (Å²) in [7, 11) is 0. The molecule has 0 aromatic carbocycles. The van der Waals surface area contributed by atoms with E-state index in [4.69, 9.17) is 9.47 Å². The van der Waals surface area contributed by atoms with E-state index in [-0.39, 0.29) is 11.9 Å². The van der Waals surface area contributed by atoms with Gasteiger partial charge in [0.05, 0.1) is 24.7 Å². The summed E-state index contributed by atoms with van der Waals surface area (Å²) in [5, 5.41) is 0. The average molecular weight is 280 g/mol. The summed E-state index contributed by atoms with van der Waals surface area (Å²) in [5.74, 6) is -1.05. The minimum absolute atomic E-state index is 0.224. The van der Waals surface area contributed by atoms with Crippen molar-refractivity contribution >= 4 is 11.9 Å². The molecule has 4 heteroatoms. The SMILES string of the molecule is CCCOC(=O)C1=CC=CC(C)CC1C(=O)OCCC. The van der Waals surface area contributed by atoms with Crippen LogP contribution < -0.4 is 0 Å². The molecule has 0 aromatic rings. The second-order valence-corrected chi connectivity index (χ2v) is 5.08. The largest absolute Gasteiger partial charge is 0.465 e. The highest BCUT2D eigenvalue weighted by molar-refractivity contribution is 5.96. The smallest absolute Gasteiger partial charge is 0.334 e. The van der Waals surface area contributed by atoms with Crippen molar-refractivity contribution in [3.8, 4) is 0 Å². The van der Waals surface area contributed by atoms with E-state index < -0.39 is 11.9 Å². The Morgan fingerprint density at radius 3 is 2.50 bits per heavy atom. The number of hydrogen-bond acceptors (Lipinski definition) is 4. The number of esters is 2. The van der Waals surface area contributed by atoms with E-state index in [0.29, 0.717) is 25.2 Å². The Morgan fingerprint density at radius 1 is 1.20 bits per heavy atom. The number of rotatable bonds is 6. The lowest BCUT2D eigenvalue weighted by molar-refractivity contribution is -0.151. The van der Waals surface area contributed by atoms with Crippen molar-refractivity contribution in [1.82, 2.24) is 0 Å². The first-order valence-electron chi connectivity index (χ1n) is 7.32. The molecule has 0 radical (unpaired) electrons. The summed E-state index contributed by atoms with van der Waals surface area (Å²) in [6.45, 7) is 6.64. The van der Waals surface area contributed by atoms with Gasteiger partial charge in [0.2, 0.25) is 0 Å². The molecule has 0 aliphatic heterocycles. The van der Waals surface area contributed by atoms with Crippen LogP contribution in [0.5, 0.6) is 0 Å². The maximum absolute atomic E-state index is 12.1. The van der Waals surface area contributed by atoms with Crippen LogP contribution in [0.4, 0.5) is 0 Å². The molecule has 1 aliphatic carbocycles. The van der Waals surface area contributed by atoms with Gasteiger partial charge < -0.3 is 9.47 Å². The van der Waals surface area contributed by atoms with E-state index in [2.05, 4.69) is 0 Å². The van der Waals surface area contributed by atoms with Gasteiger partial charge in [0, 0.05) is 0 Å². The zero-order chi connectivity index (χ0) is 15.0. The molecule has 0 spiro atoms. The van der Waals surface area contributed by atoms with Crippen LogP contribution in [0, 0.1) is 11.8 Å². The van der Waals surface area contributed by atoms with Gasteiger partial charge in [-0.25, -0.2) is 4.79 Å². The van der Waals surface area contributed by atoms with Crippen molar-refractivity contribution in [1.29, 1.82) is 0 Å². The standard InChI is InChI=1S/C16H24O4/c1-4-9-19-15(17)13-8-6-7-12(3)11-14(13)16(18)20-10-5-2/h6-8,12,14H,4-5,9-11H2,1-3H3. The van der Waals surface area contributed by atoms with Crippen molar-refractivity contribution in [2.24, 2.45) is 11.8 Å². The molecule has 0 saturated heterocycles. The number of hydrogen-bond donors (Lipinski definition) is 0. The van der Waals surface area contributed by atoms with E-state index >= 15 is 0 Å². The Bertz CT molecular complexity index is 395. The maximum atomic E-state index is 12.1. The third-order valence-electron chi connectivity index (χ3n) is 3.10. The molecule has 0 N–H and O–H groups in total. The number of allylic oxidation sites excluding steroid dienone is 3. The molecule has 2 atom stereocenters. The number of ether oxygens (including phenoxy) is 2. The quantitative estimate of drug-likeness (QED) is 0.702. The monoisotopic (exact) mass is 280 g/mol. The molecule has 112 valence electrons. The van der Waals surface area contributed by atoms with Crippen LogP contribution in [-0.4, -0.2) is 25.2 Å². The first-order chi connectivity index (χ1) is 9.60. The summed E-state index contributed by atoms with van der Waals surface area (Å²) in [5.41, 5.74) is 0.403. The van der Waals surface area contributed by atoms with Crippen LogP contribution >= 0.6 is 0 Å². The highest BCUT2D eigenvalue weighted by atomic mass is 16.5. The lowest BCUT2D eigenvalue weighted by atomic mass is 9.91. The molecule has 2 unspecified atom stereocenters. The Labute approximate surface area is 120 Å². The molecule has 0 aromatic heterocycles. The highest BCUT2D eigenvalue weighted by Crippen LogP contribution is 2.27. The topological polar surface area (TPSA) is 52.6 Å².